The van der Waals surface area contributed by atoms with Crippen molar-refractivity contribution >= 4 is 5.84 Å². The first-order valence-electron chi connectivity index (χ1n) is 5.09. The molecule has 0 bridgehead atoms. The molecule has 1 aromatic carbocycles. The molecule has 3 rings (SSSR count). The minimum Gasteiger partial charge on any atom is -0.333 e. The zero-order valence-corrected chi connectivity index (χ0v) is 7.98. The van der Waals surface area contributed by atoms with Gasteiger partial charge < -0.3 is 4.90 Å². The number of nitrogens with zero attached hydrogens (tertiary/aromatic N) is 2. The van der Waals surface area contributed by atoms with Crippen LogP contribution in [0, 0.1) is 0 Å². The van der Waals surface area contributed by atoms with Gasteiger partial charge in [0.2, 0.25) is 0 Å². The van der Waals surface area contributed by atoms with Crippen molar-refractivity contribution in [3.63, 3.8) is 0 Å². The fourth-order valence-corrected chi connectivity index (χ4v) is 2.17. The maximum Gasteiger partial charge on any atom is 0.142 e. The van der Waals surface area contributed by atoms with Crippen LogP contribution in [0.4, 0.5) is 0 Å². The van der Waals surface area contributed by atoms with Crippen LogP contribution in [0.1, 0.15) is 24.6 Å². The van der Waals surface area contributed by atoms with Crippen LogP contribution in [0.15, 0.2) is 35.4 Å². The maximum absolute atomic E-state index is 4.35. The molecule has 2 aliphatic heterocycles. The Bertz CT molecular complexity index is 358. The second-order valence-electron chi connectivity index (χ2n) is 3.77. The second-order valence-corrected chi connectivity index (χ2v) is 3.77. The van der Waals surface area contributed by atoms with Crippen molar-refractivity contribution < 1.29 is 0 Å². The van der Waals surface area contributed by atoms with E-state index in [0.717, 1.165) is 13.0 Å². The fraction of sp³-hybridized carbons (Fsp3) is 0.364. The minimum absolute atomic E-state index is 0.272. The smallest absolute Gasteiger partial charge is 0.142 e. The highest BCUT2D eigenvalue weighted by atomic mass is 15.5. The van der Waals surface area contributed by atoms with Gasteiger partial charge in [0.25, 0.3) is 0 Å². The molecule has 1 N–H and O–H groups in total. The maximum atomic E-state index is 4.35. The summed E-state index contributed by atoms with van der Waals surface area (Å²) < 4.78 is 0. The van der Waals surface area contributed by atoms with Gasteiger partial charge in [-0.05, 0) is 12.0 Å². The van der Waals surface area contributed by atoms with Crippen molar-refractivity contribution in [3.8, 4) is 0 Å². The number of hydrazone groups is 1. The van der Waals surface area contributed by atoms with Crippen LogP contribution in [0.2, 0.25) is 0 Å². The molecule has 0 radical (unpaired) electrons. The Morgan fingerprint density at radius 1 is 1.29 bits per heavy atom. The van der Waals surface area contributed by atoms with Gasteiger partial charge in [0.05, 0.1) is 0 Å². The molecule has 1 fully saturated rings. The summed E-state index contributed by atoms with van der Waals surface area (Å²) in [6, 6.07) is 10.5. The standard InChI is InChI=1S/C11H13N3/c1-2-5-9(6-3-1)11-13-12-10-7-4-8-14(10)11/h1-3,5-6,11,13H,4,7-8H2. The van der Waals surface area contributed by atoms with E-state index in [1.807, 2.05) is 6.07 Å². The van der Waals surface area contributed by atoms with E-state index in [9.17, 15) is 0 Å². The summed E-state index contributed by atoms with van der Waals surface area (Å²) in [4.78, 5) is 2.36. The van der Waals surface area contributed by atoms with E-state index >= 15 is 0 Å². The molecule has 72 valence electrons. The van der Waals surface area contributed by atoms with Gasteiger partial charge in [-0.3, -0.25) is 5.43 Å². The van der Waals surface area contributed by atoms with Crippen LogP contribution in [0.25, 0.3) is 0 Å². The van der Waals surface area contributed by atoms with Crippen LogP contribution in [0.3, 0.4) is 0 Å². The Balaban J connectivity index is 1.89. The van der Waals surface area contributed by atoms with Gasteiger partial charge in [-0.2, -0.15) is 5.10 Å². The zero-order valence-electron chi connectivity index (χ0n) is 7.98. The van der Waals surface area contributed by atoms with Crippen LogP contribution < -0.4 is 5.43 Å². The Kier molecular flexibility index (Phi) is 1.69. The highest BCUT2D eigenvalue weighted by molar-refractivity contribution is 5.85. The van der Waals surface area contributed by atoms with E-state index < -0.39 is 0 Å². The molecular weight excluding hydrogens is 174 g/mol. The molecule has 1 unspecified atom stereocenters. The molecule has 2 heterocycles. The molecule has 0 amide bonds. The lowest BCUT2D eigenvalue weighted by molar-refractivity contribution is 0.325. The summed E-state index contributed by atoms with van der Waals surface area (Å²) >= 11 is 0. The first-order valence-corrected chi connectivity index (χ1v) is 5.09. The summed E-state index contributed by atoms with van der Waals surface area (Å²) in [6.07, 6.45) is 2.63. The Morgan fingerprint density at radius 2 is 2.14 bits per heavy atom. The van der Waals surface area contributed by atoms with Crippen LogP contribution in [-0.2, 0) is 0 Å². The molecule has 1 aromatic rings. The molecule has 1 saturated heterocycles. The Labute approximate surface area is 83.4 Å². The van der Waals surface area contributed by atoms with Crippen molar-refractivity contribution in [2.24, 2.45) is 5.10 Å². The summed E-state index contributed by atoms with van der Waals surface area (Å²) in [7, 11) is 0. The van der Waals surface area contributed by atoms with Gasteiger partial charge in [-0.25, -0.2) is 0 Å². The van der Waals surface area contributed by atoms with Crippen molar-refractivity contribution in [2.75, 3.05) is 6.54 Å². The molecule has 3 nitrogen and oxygen atoms in total. The molecule has 14 heavy (non-hydrogen) atoms. The average Bonchev–Trinajstić information content (AvgIpc) is 2.79. The molecule has 3 heteroatoms. The molecule has 0 saturated carbocycles. The van der Waals surface area contributed by atoms with E-state index in [1.54, 1.807) is 0 Å². The summed E-state index contributed by atoms with van der Waals surface area (Å²) in [5.41, 5.74) is 4.49. The predicted octanol–water partition coefficient (Wildman–Crippen LogP) is 1.70. The lowest BCUT2D eigenvalue weighted by Gasteiger charge is -2.22. The van der Waals surface area contributed by atoms with Crippen molar-refractivity contribution in [1.29, 1.82) is 0 Å². The fourth-order valence-electron chi connectivity index (χ4n) is 2.17. The first-order chi connectivity index (χ1) is 6.95. The highest BCUT2D eigenvalue weighted by Crippen LogP contribution is 2.28. The van der Waals surface area contributed by atoms with E-state index in [1.165, 1.54) is 17.8 Å². The molecule has 1 atom stereocenters. The number of nitrogens with one attached hydrogen (secondary N) is 1. The SMILES string of the molecule is c1ccc(C2NN=C3CCCN32)cc1. The van der Waals surface area contributed by atoms with E-state index in [4.69, 9.17) is 0 Å². The number of amidine groups is 1. The third kappa shape index (κ3) is 1.09. The van der Waals surface area contributed by atoms with Gasteiger partial charge in [-0.1, -0.05) is 30.3 Å². The third-order valence-electron chi connectivity index (χ3n) is 2.87. The molecule has 0 spiro atoms. The van der Waals surface area contributed by atoms with Crippen LogP contribution in [0.5, 0.6) is 0 Å². The van der Waals surface area contributed by atoms with Crippen molar-refractivity contribution in [3.05, 3.63) is 35.9 Å². The largest absolute Gasteiger partial charge is 0.333 e. The third-order valence-corrected chi connectivity index (χ3v) is 2.87. The number of benzene rings is 1. The van der Waals surface area contributed by atoms with Gasteiger partial charge in [-0.15, -0.1) is 0 Å². The number of hydrogen-bond acceptors (Lipinski definition) is 3. The first kappa shape index (κ1) is 7.85. The molecule has 0 aromatic heterocycles. The normalized spacial score (nSPS) is 24.4. The molecular formula is C11H13N3. The zero-order chi connectivity index (χ0) is 9.38. The Morgan fingerprint density at radius 3 is 3.00 bits per heavy atom. The van der Waals surface area contributed by atoms with Gasteiger partial charge >= 0.3 is 0 Å². The van der Waals surface area contributed by atoms with E-state index in [-0.39, 0.29) is 6.17 Å². The Hall–Kier alpha value is -1.51. The van der Waals surface area contributed by atoms with E-state index in [2.05, 4.69) is 39.7 Å². The number of fused-ring (bicyclic) bond motifs is 1. The second kappa shape index (κ2) is 3.01. The van der Waals surface area contributed by atoms with Gasteiger partial charge in [0.15, 0.2) is 0 Å². The lowest BCUT2D eigenvalue weighted by Crippen LogP contribution is -2.29. The predicted molar refractivity (Wildman–Crippen MR) is 55.7 cm³/mol. The topological polar surface area (TPSA) is 27.6 Å². The highest BCUT2D eigenvalue weighted by Gasteiger charge is 2.31. The summed E-state index contributed by atoms with van der Waals surface area (Å²) in [5.74, 6) is 1.22. The minimum atomic E-state index is 0.272. The number of hydrogen-bond donors (Lipinski definition) is 1. The van der Waals surface area contributed by atoms with Crippen molar-refractivity contribution in [2.45, 2.75) is 19.0 Å². The number of rotatable bonds is 1. The van der Waals surface area contributed by atoms with Gasteiger partial charge in [0, 0.05) is 13.0 Å². The van der Waals surface area contributed by atoms with Crippen LogP contribution in [-0.4, -0.2) is 17.3 Å². The molecule has 2 aliphatic rings. The molecule has 0 aliphatic carbocycles. The van der Waals surface area contributed by atoms with E-state index in [0.29, 0.717) is 0 Å². The van der Waals surface area contributed by atoms with Crippen molar-refractivity contribution in [1.82, 2.24) is 10.3 Å². The monoisotopic (exact) mass is 187 g/mol. The average molecular weight is 187 g/mol. The quantitative estimate of drug-likeness (QED) is 0.724. The summed E-state index contributed by atoms with van der Waals surface area (Å²) in [5, 5.41) is 4.35. The lowest BCUT2D eigenvalue weighted by atomic mass is 10.1. The van der Waals surface area contributed by atoms with Gasteiger partial charge in [0.1, 0.15) is 12.0 Å². The summed E-state index contributed by atoms with van der Waals surface area (Å²) in [6.45, 7) is 1.13. The van der Waals surface area contributed by atoms with Crippen LogP contribution >= 0.6 is 0 Å².